The number of para-hydroxylation sites is 1. The van der Waals surface area contributed by atoms with Crippen LogP contribution < -0.4 is 4.90 Å². The smallest absolute Gasteiger partial charge is 0.316 e. The van der Waals surface area contributed by atoms with Gasteiger partial charge in [0.2, 0.25) is 0 Å². The molecular weight excluding hydrogens is 354 g/mol. The SMILES string of the molecule is Cc1ccccc1SCC(=O)OCC(=O)N1CCSc2ccccc21. The standard InChI is InChI=1S/C19H19NO3S2/c1-14-6-2-4-8-16(14)25-13-19(22)23-12-18(21)20-10-11-24-17-9-5-3-7-15(17)20/h2-9H,10-13H2,1H3. The predicted molar refractivity (Wildman–Crippen MR) is 102 cm³/mol. The molecule has 0 saturated carbocycles. The fourth-order valence-electron chi connectivity index (χ4n) is 2.55. The molecule has 1 aliphatic rings. The van der Waals surface area contributed by atoms with Crippen LogP contribution in [-0.2, 0) is 14.3 Å². The highest BCUT2D eigenvalue weighted by Gasteiger charge is 2.23. The highest BCUT2D eigenvalue weighted by molar-refractivity contribution is 8.00. The van der Waals surface area contributed by atoms with Gasteiger partial charge in [0.05, 0.1) is 11.4 Å². The Hall–Kier alpha value is -1.92. The first kappa shape index (κ1) is 17.9. The van der Waals surface area contributed by atoms with Crippen molar-refractivity contribution in [2.24, 2.45) is 0 Å². The van der Waals surface area contributed by atoms with Crippen LogP contribution >= 0.6 is 23.5 Å². The molecule has 0 fully saturated rings. The van der Waals surface area contributed by atoms with Gasteiger partial charge in [0.25, 0.3) is 5.91 Å². The summed E-state index contributed by atoms with van der Waals surface area (Å²) >= 11 is 3.16. The van der Waals surface area contributed by atoms with Crippen LogP contribution in [0.15, 0.2) is 58.3 Å². The van der Waals surface area contributed by atoms with Gasteiger partial charge in [0, 0.05) is 22.1 Å². The Kier molecular flexibility index (Phi) is 6.04. The normalized spacial score (nSPS) is 13.2. The van der Waals surface area contributed by atoms with Crippen molar-refractivity contribution in [3.05, 3.63) is 54.1 Å². The lowest BCUT2D eigenvalue weighted by atomic mass is 10.2. The second kappa shape index (κ2) is 8.45. The molecule has 6 heteroatoms. The molecule has 0 spiro atoms. The average Bonchev–Trinajstić information content (AvgIpc) is 2.65. The number of ether oxygens (including phenoxy) is 1. The first-order valence-corrected chi connectivity index (χ1v) is 9.98. The lowest BCUT2D eigenvalue weighted by Crippen LogP contribution is -2.38. The minimum Gasteiger partial charge on any atom is -0.455 e. The van der Waals surface area contributed by atoms with Crippen LogP contribution in [0.2, 0.25) is 0 Å². The number of carbonyl (C=O) groups is 2. The molecule has 25 heavy (non-hydrogen) atoms. The summed E-state index contributed by atoms with van der Waals surface area (Å²) in [5.74, 6) is 0.494. The molecule has 0 aromatic heterocycles. The number of rotatable bonds is 5. The Bertz CT molecular complexity index is 779. The van der Waals surface area contributed by atoms with Crippen molar-refractivity contribution in [2.45, 2.75) is 16.7 Å². The van der Waals surface area contributed by atoms with E-state index < -0.39 is 0 Å². The predicted octanol–water partition coefficient (Wildman–Crippen LogP) is 3.77. The molecule has 1 amide bonds. The van der Waals surface area contributed by atoms with E-state index in [2.05, 4.69) is 0 Å². The number of thioether (sulfide) groups is 2. The Balaban J connectivity index is 1.51. The number of hydrogen-bond acceptors (Lipinski definition) is 5. The van der Waals surface area contributed by atoms with Gasteiger partial charge >= 0.3 is 5.97 Å². The number of nitrogens with zero attached hydrogens (tertiary/aromatic N) is 1. The van der Waals surface area contributed by atoms with Gasteiger partial charge in [-0.2, -0.15) is 0 Å². The molecule has 130 valence electrons. The molecule has 0 unspecified atom stereocenters. The molecule has 1 aliphatic heterocycles. The molecule has 3 rings (SSSR count). The van der Waals surface area contributed by atoms with Crippen molar-refractivity contribution in [1.82, 2.24) is 0 Å². The lowest BCUT2D eigenvalue weighted by Gasteiger charge is -2.28. The molecular formula is C19H19NO3S2. The highest BCUT2D eigenvalue weighted by Crippen LogP contribution is 2.34. The molecule has 0 N–H and O–H groups in total. The largest absolute Gasteiger partial charge is 0.455 e. The second-order valence-electron chi connectivity index (χ2n) is 5.58. The fraction of sp³-hybridized carbons (Fsp3) is 0.263. The molecule has 0 atom stereocenters. The van der Waals surface area contributed by atoms with Crippen LogP contribution in [0.25, 0.3) is 0 Å². The van der Waals surface area contributed by atoms with Crippen molar-refractivity contribution in [3.63, 3.8) is 0 Å². The summed E-state index contributed by atoms with van der Waals surface area (Å²) in [4.78, 5) is 28.2. The van der Waals surface area contributed by atoms with Gasteiger partial charge in [-0.3, -0.25) is 9.59 Å². The number of anilines is 1. The summed E-state index contributed by atoms with van der Waals surface area (Å²) in [5, 5.41) is 0. The molecule has 0 bridgehead atoms. The van der Waals surface area contributed by atoms with Crippen molar-refractivity contribution in [2.75, 3.05) is 29.6 Å². The summed E-state index contributed by atoms with van der Waals surface area (Å²) in [6.45, 7) is 2.42. The zero-order chi connectivity index (χ0) is 17.6. The average molecular weight is 373 g/mol. The molecule has 2 aromatic rings. The monoisotopic (exact) mass is 373 g/mol. The lowest BCUT2D eigenvalue weighted by molar-refractivity contribution is -0.145. The van der Waals surface area contributed by atoms with Gasteiger partial charge in [0.1, 0.15) is 0 Å². The second-order valence-corrected chi connectivity index (χ2v) is 7.73. The third-order valence-electron chi connectivity index (χ3n) is 3.83. The number of aryl methyl sites for hydroxylation is 1. The number of carbonyl (C=O) groups excluding carboxylic acids is 2. The van der Waals surface area contributed by atoms with Crippen LogP contribution in [0.5, 0.6) is 0 Å². The van der Waals surface area contributed by atoms with Crippen LogP contribution in [0.3, 0.4) is 0 Å². The van der Waals surface area contributed by atoms with Crippen molar-refractivity contribution in [1.29, 1.82) is 0 Å². The first-order valence-electron chi connectivity index (χ1n) is 8.01. The third kappa shape index (κ3) is 4.58. The third-order valence-corrected chi connectivity index (χ3v) is 6.02. The van der Waals surface area contributed by atoms with E-state index in [0.29, 0.717) is 6.54 Å². The van der Waals surface area contributed by atoms with E-state index in [1.807, 2.05) is 55.5 Å². The van der Waals surface area contributed by atoms with E-state index >= 15 is 0 Å². The highest BCUT2D eigenvalue weighted by atomic mass is 32.2. The summed E-state index contributed by atoms with van der Waals surface area (Å²) in [5.41, 5.74) is 2.02. The summed E-state index contributed by atoms with van der Waals surface area (Å²) in [6, 6.07) is 15.7. The molecule has 2 aromatic carbocycles. The van der Waals surface area contributed by atoms with Crippen LogP contribution in [0.1, 0.15) is 5.56 Å². The van der Waals surface area contributed by atoms with E-state index in [0.717, 1.165) is 26.8 Å². The molecule has 0 aliphatic carbocycles. The topological polar surface area (TPSA) is 46.6 Å². The summed E-state index contributed by atoms with van der Waals surface area (Å²) < 4.78 is 5.18. The van der Waals surface area contributed by atoms with Crippen LogP contribution in [-0.4, -0.2) is 36.5 Å². The van der Waals surface area contributed by atoms with E-state index in [-0.39, 0.29) is 24.2 Å². The van der Waals surface area contributed by atoms with E-state index in [9.17, 15) is 9.59 Å². The van der Waals surface area contributed by atoms with Crippen LogP contribution in [0.4, 0.5) is 5.69 Å². The van der Waals surface area contributed by atoms with Crippen molar-refractivity contribution >= 4 is 41.1 Å². The zero-order valence-electron chi connectivity index (χ0n) is 13.9. The number of benzene rings is 2. The Morgan fingerprint density at radius 3 is 2.76 bits per heavy atom. The van der Waals surface area contributed by atoms with Gasteiger partial charge < -0.3 is 9.64 Å². The maximum Gasteiger partial charge on any atom is 0.316 e. The van der Waals surface area contributed by atoms with Gasteiger partial charge in [-0.15, -0.1) is 23.5 Å². The number of fused-ring (bicyclic) bond motifs is 1. The quantitative estimate of drug-likeness (QED) is 0.590. The van der Waals surface area contributed by atoms with Crippen molar-refractivity contribution < 1.29 is 14.3 Å². The summed E-state index contributed by atoms with van der Waals surface area (Å²) in [7, 11) is 0. The fourth-order valence-corrected chi connectivity index (χ4v) is 4.37. The van der Waals surface area contributed by atoms with Gasteiger partial charge in [-0.25, -0.2) is 0 Å². The first-order chi connectivity index (χ1) is 12.1. The molecule has 4 nitrogen and oxygen atoms in total. The van der Waals surface area contributed by atoms with Gasteiger partial charge in [-0.05, 0) is 30.7 Å². The Labute approximate surface area is 155 Å². The van der Waals surface area contributed by atoms with Gasteiger partial charge in [-0.1, -0.05) is 30.3 Å². The maximum atomic E-state index is 12.4. The minimum absolute atomic E-state index is 0.179. The maximum absolute atomic E-state index is 12.4. The molecule has 1 heterocycles. The Morgan fingerprint density at radius 2 is 1.92 bits per heavy atom. The van der Waals surface area contributed by atoms with E-state index in [4.69, 9.17) is 4.74 Å². The van der Waals surface area contributed by atoms with Crippen LogP contribution in [0, 0.1) is 6.92 Å². The number of esters is 1. The van der Waals surface area contributed by atoms with E-state index in [1.54, 1.807) is 16.7 Å². The van der Waals surface area contributed by atoms with Crippen molar-refractivity contribution in [3.8, 4) is 0 Å². The Morgan fingerprint density at radius 1 is 1.16 bits per heavy atom. The number of amides is 1. The number of hydrogen-bond donors (Lipinski definition) is 0. The molecule has 0 radical (unpaired) electrons. The minimum atomic E-state index is -0.374. The van der Waals surface area contributed by atoms with Gasteiger partial charge in [0.15, 0.2) is 6.61 Å². The molecule has 0 saturated heterocycles. The zero-order valence-corrected chi connectivity index (χ0v) is 15.6. The van der Waals surface area contributed by atoms with E-state index in [1.165, 1.54) is 11.8 Å². The summed E-state index contributed by atoms with van der Waals surface area (Å²) in [6.07, 6.45) is 0.